The molecule has 2 aliphatic rings. The fourth-order valence-corrected chi connectivity index (χ4v) is 3.41. The Morgan fingerprint density at radius 2 is 1.95 bits per heavy atom. The molecule has 0 radical (unpaired) electrons. The first-order chi connectivity index (χ1) is 10.5. The average molecular weight is 312 g/mol. The predicted molar refractivity (Wildman–Crippen MR) is 78.0 cm³/mol. The summed E-state index contributed by atoms with van der Waals surface area (Å²) in [4.78, 5) is 23.2. The molecule has 0 aromatic rings. The smallest absolute Gasteiger partial charge is 0.431 e. The van der Waals surface area contributed by atoms with Crippen molar-refractivity contribution < 1.29 is 28.9 Å². The minimum atomic E-state index is -1.02. The number of rotatable bonds is 6. The van der Waals surface area contributed by atoms with Crippen molar-refractivity contribution in [3.05, 3.63) is 11.6 Å². The maximum Gasteiger partial charge on any atom is 0.516 e. The van der Waals surface area contributed by atoms with Gasteiger partial charge in [0.1, 0.15) is 6.61 Å². The van der Waals surface area contributed by atoms with Crippen LogP contribution in [0, 0.1) is 17.8 Å². The van der Waals surface area contributed by atoms with Gasteiger partial charge in [-0.1, -0.05) is 6.08 Å². The molecule has 0 aliphatic heterocycles. The Morgan fingerprint density at radius 1 is 1.23 bits per heavy atom. The van der Waals surface area contributed by atoms with Crippen molar-refractivity contribution in [1.29, 1.82) is 0 Å². The van der Waals surface area contributed by atoms with E-state index < -0.39 is 12.1 Å². The van der Waals surface area contributed by atoms with Crippen LogP contribution in [0.3, 0.4) is 0 Å². The summed E-state index contributed by atoms with van der Waals surface area (Å²) in [6, 6.07) is 0. The second kappa shape index (κ2) is 7.74. The van der Waals surface area contributed by atoms with Crippen LogP contribution in [0.25, 0.3) is 0 Å². The minimum Gasteiger partial charge on any atom is -0.431 e. The Hall–Kier alpha value is -1.40. The Kier molecular flexibility index (Phi) is 5.97. The standard InChI is InChI=1S/C16H24O6/c1-3-20-6-7-21-16(19)22-15(18)10(2)8-13-11-4-5-12(9-11)14(13)17/h8,11-14,17H,3-7,9H2,1-2H3. The summed E-state index contributed by atoms with van der Waals surface area (Å²) in [5.41, 5.74) is 0.332. The number of hydrogen-bond donors (Lipinski definition) is 1. The van der Waals surface area contributed by atoms with Gasteiger partial charge in [-0.25, -0.2) is 9.59 Å². The molecule has 0 heterocycles. The quantitative estimate of drug-likeness (QED) is 0.350. The molecule has 2 saturated carbocycles. The van der Waals surface area contributed by atoms with Crippen LogP contribution in [0.1, 0.15) is 33.1 Å². The van der Waals surface area contributed by atoms with E-state index in [9.17, 15) is 14.7 Å². The third kappa shape index (κ3) is 4.08. The van der Waals surface area contributed by atoms with Crippen molar-refractivity contribution in [2.75, 3.05) is 19.8 Å². The molecule has 2 rings (SSSR count). The first-order valence-electron chi connectivity index (χ1n) is 7.86. The molecule has 0 aromatic heterocycles. The van der Waals surface area contributed by atoms with Crippen LogP contribution in [0.2, 0.25) is 0 Å². The Bertz CT molecular complexity index is 442. The van der Waals surface area contributed by atoms with Crippen LogP contribution < -0.4 is 0 Å². The lowest BCUT2D eigenvalue weighted by atomic mass is 9.85. The van der Waals surface area contributed by atoms with E-state index in [2.05, 4.69) is 4.74 Å². The van der Waals surface area contributed by atoms with Crippen molar-refractivity contribution >= 4 is 12.1 Å². The molecular weight excluding hydrogens is 288 g/mol. The lowest BCUT2D eigenvalue weighted by molar-refractivity contribution is -0.135. The fourth-order valence-electron chi connectivity index (χ4n) is 3.41. The lowest BCUT2D eigenvalue weighted by Gasteiger charge is -2.24. The number of fused-ring (bicyclic) bond motifs is 2. The summed E-state index contributed by atoms with van der Waals surface area (Å²) >= 11 is 0. The van der Waals surface area contributed by atoms with E-state index in [1.54, 1.807) is 13.0 Å². The van der Waals surface area contributed by atoms with Crippen LogP contribution in [0.4, 0.5) is 4.79 Å². The third-order valence-electron chi connectivity index (χ3n) is 4.53. The molecule has 0 spiro atoms. The van der Waals surface area contributed by atoms with Crippen LogP contribution in [0.5, 0.6) is 0 Å². The number of esters is 1. The van der Waals surface area contributed by atoms with Gasteiger partial charge in [0.2, 0.25) is 0 Å². The van der Waals surface area contributed by atoms with E-state index in [1.165, 1.54) is 0 Å². The second-order valence-electron chi connectivity index (χ2n) is 5.94. The summed E-state index contributed by atoms with van der Waals surface area (Å²) in [5, 5.41) is 10.2. The van der Waals surface area contributed by atoms with E-state index in [0.29, 0.717) is 24.0 Å². The monoisotopic (exact) mass is 312 g/mol. The normalized spacial score (nSPS) is 30.4. The highest BCUT2D eigenvalue weighted by Gasteiger charge is 2.45. The average Bonchev–Trinajstić information content (AvgIpc) is 3.07. The second-order valence-corrected chi connectivity index (χ2v) is 5.94. The first-order valence-corrected chi connectivity index (χ1v) is 7.86. The van der Waals surface area contributed by atoms with E-state index in [0.717, 1.165) is 19.3 Å². The zero-order chi connectivity index (χ0) is 16.1. The molecule has 4 unspecified atom stereocenters. The third-order valence-corrected chi connectivity index (χ3v) is 4.53. The zero-order valence-corrected chi connectivity index (χ0v) is 13.1. The molecule has 6 nitrogen and oxygen atoms in total. The highest BCUT2D eigenvalue weighted by atomic mass is 16.7. The predicted octanol–water partition coefficient (Wildman–Crippen LogP) is 2.06. The maximum absolute atomic E-state index is 11.8. The van der Waals surface area contributed by atoms with Gasteiger partial charge in [-0.3, -0.25) is 0 Å². The van der Waals surface area contributed by atoms with Gasteiger partial charge in [0.25, 0.3) is 0 Å². The highest BCUT2D eigenvalue weighted by Crippen LogP contribution is 2.49. The molecule has 0 aromatic carbocycles. The van der Waals surface area contributed by atoms with Gasteiger partial charge in [-0.15, -0.1) is 0 Å². The number of carbonyl (C=O) groups excluding carboxylic acids is 2. The molecule has 4 atom stereocenters. The number of carbonyl (C=O) groups is 2. The Balaban J connectivity index is 1.79. The van der Waals surface area contributed by atoms with Crippen molar-refractivity contribution in [3.8, 4) is 0 Å². The van der Waals surface area contributed by atoms with E-state index in [-0.39, 0.29) is 25.2 Å². The number of ether oxygens (including phenoxy) is 3. The molecule has 2 bridgehead atoms. The van der Waals surface area contributed by atoms with Gasteiger partial charge < -0.3 is 19.3 Å². The van der Waals surface area contributed by atoms with E-state index >= 15 is 0 Å². The van der Waals surface area contributed by atoms with E-state index in [1.807, 2.05) is 6.92 Å². The van der Waals surface area contributed by atoms with Crippen LogP contribution in [-0.2, 0) is 19.0 Å². The number of aliphatic hydroxyl groups is 1. The molecule has 2 fully saturated rings. The molecule has 0 saturated heterocycles. The molecule has 22 heavy (non-hydrogen) atoms. The van der Waals surface area contributed by atoms with Crippen molar-refractivity contribution in [1.82, 2.24) is 0 Å². The van der Waals surface area contributed by atoms with Gasteiger partial charge >= 0.3 is 12.1 Å². The fraction of sp³-hybridized carbons (Fsp3) is 0.750. The van der Waals surface area contributed by atoms with Gasteiger partial charge in [0.05, 0.1) is 12.7 Å². The van der Waals surface area contributed by atoms with Crippen LogP contribution in [0.15, 0.2) is 11.6 Å². The zero-order valence-electron chi connectivity index (χ0n) is 13.1. The summed E-state index contributed by atoms with van der Waals surface area (Å²) in [6.45, 7) is 4.28. The first kappa shape index (κ1) is 17.0. The Morgan fingerprint density at radius 3 is 2.59 bits per heavy atom. The van der Waals surface area contributed by atoms with Gasteiger partial charge in [-0.2, -0.15) is 0 Å². The van der Waals surface area contributed by atoms with Gasteiger partial charge in [-0.05, 0) is 44.9 Å². The van der Waals surface area contributed by atoms with Crippen LogP contribution >= 0.6 is 0 Å². The van der Waals surface area contributed by atoms with E-state index in [4.69, 9.17) is 9.47 Å². The lowest BCUT2D eigenvalue weighted by Crippen LogP contribution is -2.26. The highest BCUT2D eigenvalue weighted by molar-refractivity contribution is 5.94. The summed E-state index contributed by atoms with van der Waals surface area (Å²) < 4.78 is 14.3. The summed E-state index contributed by atoms with van der Waals surface area (Å²) in [7, 11) is 0. The number of aliphatic hydroxyl groups excluding tert-OH is 1. The van der Waals surface area contributed by atoms with Crippen molar-refractivity contribution in [2.45, 2.75) is 39.2 Å². The topological polar surface area (TPSA) is 82.1 Å². The minimum absolute atomic E-state index is 0.0136. The van der Waals surface area contributed by atoms with Crippen molar-refractivity contribution in [2.24, 2.45) is 17.8 Å². The SMILES string of the molecule is CCOCCOC(=O)OC(=O)C(C)=CC1C2CCC(C2)C1O. The summed E-state index contributed by atoms with van der Waals surface area (Å²) in [5.74, 6) is 0.0381. The molecule has 6 heteroatoms. The van der Waals surface area contributed by atoms with Crippen LogP contribution in [-0.4, -0.2) is 43.2 Å². The summed E-state index contributed by atoms with van der Waals surface area (Å²) in [6.07, 6.45) is 3.50. The molecule has 124 valence electrons. The Labute approximate surface area is 130 Å². The number of hydrogen-bond acceptors (Lipinski definition) is 6. The molecular formula is C16H24O6. The van der Waals surface area contributed by atoms with Crippen molar-refractivity contribution in [3.63, 3.8) is 0 Å². The molecule has 1 N–H and O–H groups in total. The maximum atomic E-state index is 11.8. The molecule has 2 aliphatic carbocycles. The van der Waals surface area contributed by atoms with Gasteiger partial charge in [0, 0.05) is 18.1 Å². The van der Waals surface area contributed by atoms with Gasteiger partial charge in [0.15, 0.2) is 0 Å². The molecule has 0 amide bonds. The largest absolute Gasteiger partial charge is 0.516 e.